The maximum absolute atomic E-state index is 11.3. The molecule has 1 saturated heterocycles. The molecule has 0 saturated carbocycles. The van der Waals surface area contributed by atoms with Gasteiger partial charge in [-0.15, -0.1) is 24.0 Å². The monoisotopic (exact) mass is 565 g/mol. The van der Waals surface area contributed by atoms with Gasteiger partial charge in [0, 0.05) is 25.7 Å². The van der Waals surface area contributed by atoms with Crippen LogP contribution < -0.4 is 20.7 Å². The highest BCUT2D eigenvalue weighted by atomic mass is 127. The number of amides is 1. The van der Waals surface area contributed by atoms with Gasteiger partial charge in [0.2, 0.25) is 5.91 Å². The lowest BCUT2D eigenvalue weighted by molar-refractivity contribution is -0.114. The van der Waals surface area contributed by atoms with Crippen LogP contribution in [0.15, 0.2) is 53.5 Å². The number of guanidine groups is 1. The van der Waals surface area contributed by atoms with Gasteiger partial charge >= 0.3 is 0 Å². The highest BCUT2D eigenvalue weighted by molar-refractivity contribution is 14.0. The number of methoxy groups -OCH3 is 1. The van der Waals surface area contributed by atoms with Crippen LogP contribution in [0.25, 0.3) is 0 Å². The third-order valence-electron chi connectivity index (χ3n) is 5.56. The smallest absolute Gasteiger partial charge is 0.221 e. The summed E-state index contributed by atoms with van der Waals surface area (Å²) >= 11 is 0. The van der Waals surface area contributed by atoms with Crippen molar-refractivity contribution in [2.24, 2.45) is 4.99 Å². The van der Waals surface area contributed by atoms with E-state index in [1.54, 1.807) is 7.11 Å². The molecule has 3 N–H and O–H groups in total. The minimum atomic E-state index is -0.0767. The van der Waals surface area contributed by atoms with E-state index in [-0.39, 0.29) is 35.9 Å². The Bertz CT molecular complexity index is 898. The second-order valence-corrected chi connectivity index (χ2v) is 7.99. The molecule has 1 unspecified atom stereocenters. The quantitative estimate of drug-likeness (QED) is 0.242. The fourth-order valence-corrected chi connectivity index (χ4v) is 3.99. The summed E-state index contributed by atoms with van der Waals surface area (Å²) in [6.45, 7) is 7.89. The molecule has 0 spiro atoms. The summed E-state index contributed by atoms with van der Waals surface area (Å²) < 4.78 is 5.33. The van der Waals surface area contributed by atoms with Crippen LogP contribution >= 0.6 is 24.0 Å². The van der Waals surface area contributed by atoms with Crippen molar-refractivity contribution in [3.8, 4) is 5.75 Å². The third kappa shape index (κ3) is 8.51. The molecular weight excluding hydrogens is 529 g/mol. The normalized spacial score (nSPS) is 14.8. The Kier molecular flexibility index (Phi) is 11.5. The Morgan fingerprint density at radius 3 is 2.48 bits per heavy atom. The molecule has 0 bridgehead atoms. The number of halogens is 1. The van der Waals surface area contributed by atoms with Crippen molar-refractivity contribution in [3.05, 3.63) is 59.7 Å². The summed E-state index contributed by atoms with van der Waals surface area (Å²) in [5.41, 5.74) is 3.11. The summed E-state index contributed by atoms with van der Waals surface area (Å²) in [5.74, 6) is 1.58. The molecule has 0 radical (unpaired) electrons. The van der Waals surface area contributed by atoms with Gasteiger partial charge in [-0.2, -0.15) is 0 Å². The predicted octanol–water partition coefficient (Wildman–Crippen LogP) is 4.16. The zero-order chi connectivity index (χ0) is 22.8. The molecule has 0 aliphatic carbocycles. The molecule has 1 amide bonds. The molecule has 2 aromatic carbocycles. The Labute approximate surface area is 214 Å². The number of hydrogen-bond acceptors (Lipinski definition) is 4. The number of aliphatic imine (C=N–C) groups is 1. The van der Waals surface area contributed by atoms with Gasteiger partial charge in [-0.3, -0.25) is 9.69 Å². The zero-order valence-corrected chi connectivity index (χ0v) is 22.1. The Morgan fingerprint density at radius 2 is 1.85 bits per heavy atom. The van der Waals surface area contributed by atoms with E-state index >= 15 is 0 Å². The third-order valence-corrected chi connectivity index (χ3v) is 5.56. The maximum atomic E-state index is 11.3. The first-order chi connectivity index (χ1) is 15.6. The summed E-state index contributed by atoms with van der Waals surface area (Å²) in [6.07, 6.45) is 2.48. The van der Waals surface area contributed by atoms with Crippen LogP contribution in [0.4, 0.5) is 5.69 Å². The minimum Gasteiger partial charge on any atom is -0.497 e. The van der Waals surface area contributed by atoms with Crippen molar-refractivity contribution < 1.29 is 9.53 Å². The molecule has 1 atom stereocenters. The van der Waals surface area contributed by atoms with Gasteiger partial charge < -0.3 is 20.7 Å². The molecular formula is C25H36IN5O2. The lowest BCUT2D eigenvalue weighted by atomic mass is 10.1. The van der Waals surface area contributed by atoms with E-state index in [0.717, 1.165) is 49.1 Å². The Morgan fingerprint density at radius 1 is 1.12 bits per heavy atom. The van der Waals surface area contributed by atoms with E-state index in [1.807, 2.05) is 36.4 Å². The van der Waals surface area contributed by atoms with Gasteiger partial charge in [0.25, 0.3) is 0 Å². The summed E-state index contributed by atoms with van der Waals surface area (Å²) in [7, 11) is 1.69. The fraction of sp³-hybridized carbons (Fsp3) is 0.440. The number of ether oxygens (including phenoxy) is 1. The van der Waals surface area contributed by atoms with Gasteiger partial charge in [-0.1, -0.05) is 24.3 Å². The van der Waals surface area contributed by atoms with Crippen LogP contribution in [0.2, 0.25) is 0 Å². The molecule has 1 heterocycles. The standard InChI is InChI=1S/C25H35N5O2.HI/c1-4-26-25(27-17-20-8-7-9-22(16-20)29-19(2)31)28-18-24(30-14-5-6-15-30)21-10-12-23(32-3)13-11-21;/h7-13,16,24H,4-6,14-15,17-18H2,1-3H3,(H,29,31)(H2,26,27,28);1H. The number of benzene rings is 2. The first kappa shape index (κ1) is 26.9. The molecule has 1 aliphatic heterocycles. The molecule has 7 nitrogen and oxygen atoms in total. The van der Waals surface area contributed by atoms with E-state index in [2.05, 4.69) is 39.9 Å². The lowest BCUT2D eigenvalue weighted by Gasteiger charge is -2.29. The topological polar surface area (TPSA) is 78.0 Å². The number of carbonyl (C=O) groups excluding carboxylic acids is 1. The van der Waals surface area contributed by atoms with E-state index < -0.39 is 0 Å². The van der Waals surface area contributed by atoms with E-state index in [9.17, 15) is 4.79 Å². The van der Waals surface area contributed by atoms with E-state index in [0.29, 0.717) is 6.54 Å². The number of anilines is 1. The number of rotatable bonds is 9. The lowest BCUT2D eigenvalue weighted by Crippen LogP contribution is -2.42. The van der Waals surface area contributed by atoms with Gasteiger partial charge in [0.15, 0.2) is 5.96 Å². The molecule has 1 aliphatic rings. The van der Waals surface area contributed by atoms with Crippen molar-refractivity contribution in [1.29, 1.82) is 0 Å². The van der Waals surface area contributed by atoms with Crippen molar-refractivity contribution in [2.75, 3.05) is 38.6 Å². The number of likely N-dealkylation sites (tertiary alicyclic amines) is 1. The first-order valence-electron chi connectivity index (χ1n) is 11.4. The highest BCUT2D eigenvalue weighted by Crippen LogP contribution is 2.26. The second-order valence-electron chi connectivity index (χ2n) is 7.99. The number of nitrogens with one attached hydrogen (secondary N) is 3. The van der Waals surface area contributed by atoms with Crippen LogP contribution in [0.5, 0.6) is 5.75 Å². The number of nitrogens with zero attached hydrogens (tertiary/aromatic N) is 2. The Balaban J connectivity index is 0.00000385. The van der Waals surface area contributed by atoms with Gasteiger partial charge in [0.05, 0.1) is 19.7 Å². The molecule has 3 rings (SSSR count). The highest BCUT2D eigenvalue weighted by Gasteiger charge is 2.23. The van der Waals surface area contributed by atoms with Crippen LogP contribution in [0, 0.1) is 0 Å². The summed E-state index contributed by atoms with van der Waals surface area (Å²) in [4.78, 5) is 18.6. The van der Waals surface area contributed by atoms with Crippen LogP contribution in [0.3, 0.4) is 0 Å². The summed E-state index contributed by atoms with van der Waals surface area (Å²) in [6, 6.07) is 16.4. The van der Waals surface area contributed by atoms with Crippen LogP contribution in [-0.4, -0.2) is 50.1 Å². The van der Waals surface area contributed by atoms with Crippen LogP contribution in [-0.2, 0) is 11.3 Å². The Hall–Kier alpha value is -2.33. The average molecular weight is 566 g/mol. The second kappa shape index (κ2) is 14.0. The average Bonchev–Trinajstić information content (AvgIpc) is 3.32. The molecule has 2 aromatic rings. The van der Waals surface area contributed by atoms with Crippen molar-refractivity contribution in [2.45, 2.75) is 39.3 Å². The van der Waals surface area contributed by atoms with E-state index in [4.69, 9.17) is 9.73 Å². The number of hydrogen-bond donors (Lipinski definition) is 3. The first-order valence-corrected chi connectivity index (χ1v) is 11.4. The predicted molar refractivity (Wildman–Crippen MR) is 146 cm³/mol. The fourth-order valence-electron chi connectivity index (χ4n) is 3.99. The molecule has 1 fully saturated rings. The van der Waals surface area contributed by atoms with Crippen LogP contribution in [0.1, 0.15) is 43.9 Å². The minimum absolute atomic E-state index is 0. The maximum Gasteiger partial charge on any atom is 0.221 e. The molecule has 33 heavy (non-hydrogen) atoms. The molecule has 180 valence electrons. The van der Waals surface area contributed by atoms with Gasteiger partial charge in [-0.05, 0) is 68.2 Å². The largest absolute Gasteiger partial charge is 0.497 e. The van der Waals surface area contributed by atoms with Crippen molar-refractivity contribution >= 4 is 41.5 Å². The number of carbonyl (C=O) groups is 1. The van der Waals surface area contributed by atoms with Gasteiger partial charge in [0.1, 0.15) is 5.75 Å². The zero-order valence-electron chi connectivity index (χ0n) is 19.8. The molecule has 8 heteroatoms. The van der Waals surface area contributed by atoms with Crippen molar-refractivity contribution in [1.82, 2.24) is 15.5 Å². The van der Waals surface area contributed by atoms with Crippen molar-refractivity contribution in [3.63, 3.8) is 0 Å². The molecule has 0 aromatic heterocycles. The van der Waals surface area contributed by atoms with E-state index in [1.165, 1.54) is 25.3 Å². The SMILES string of the molecule is CCNC(=NCc1cccc(NC(C)=O)c1)NCC(c1ccc(OC)cc1)N1CCCC1.I. The summed E-state index contributed by atoms with van der Waals surface area (Å²) in [5, 5.41) is 9.71. The van der Waals surface area contributed by atoms with Gasteiger partial charge in [-0.25, -0.2) is 4.99 Å².